The van der Waals surface area contributed by atoms with E-state index >= 15 is 0 Å². The molecule has 0 aliphatic carbocycles. The van der Waals surface area contributed by atoms with Crippen molar-refractivity contribution in [2.45, 2.75) is 72.1 Å². The van der Waals surface area contributed by atoms with E-state index in [9.17, 15) is 0 Å². The molecule has 0 amide bonds. The zero-order chi connectivity index (χ0) is 17.0. The molecule has 0 radical (unpaired) electrons. The van der Waals surface area contributed by atoms with Crippen molar-refractivity contribution in [3.05, 3.63) is 42.7 Å². The van der Waals surface area contributed by atoms with Gasteiger partial charge in [-0.1, -0.05) is 57.7 Å². The molecule has 0 unspecified atom stereocenters. The quantitative estimate of drug-likeness (QED) is 0.387. The highest BCUT2D eigenvalue weighted by Crippen LogP contribution is 2.17. The molecular weight excluding hydrogens is 296 g/mol. The maximum Gasteiger partial charge on any atom is 0.290 e. The van der Waals surface area contributed by atoms with E-state index in [0.29, 0.717) is 6.73 Å². The fraction of sp³-hybridized carbons (Fsp3) is 0.571. The van der Waals surface area contributed by atoms with Crippen LogP contribution in [0.1, 0.15) is 58.8 Å². The van der Waals surface area contributed by atoms with E-state index in [-0.39, 0.29) is 0 Å². The van der Waals surface area contributed by atoms with Gasteiger partial charge in [0.15, 0.2) is 6.73 Å². The molecule has 3 heteroatoms. The van der Waals surface area contributed by atoms with Gasteiger partial charge in [-0.2, -0.15) is 0 Å². The van der Waals surface area contributed by atoms with Gasteiger partial charge in [0.05, 0.1) is 18.7 Å². The van der Waals surface area contributed by atoms with Crippen molar-refractivity contribution in [2.75, 3.05) is 6.61 Å². The number of benzene rings is 1. The summed E-state index contributed by atoms with van der Waals surface area (Å²) in [5, 5.41) is 0. The van der Waals surface area contributed by atoms with E-state index in [1.54, 1.807) is 0 Å². The zero-order valence-corrected chi connectivity index (χ0v) is 15.4. The highest BCUT2D eigenvalue weighted by Gasteiger charge is 2.18. The summed E-state index contributed by atoms with van der Waals surface area (Å²) in [6, 6.07) is 10.7. The van der Waals surface area contributed by atoms with Gasteiger partial charge in [0, 0.05) is 0 Å². The van der Waals surface area contributed by atoms with Crippen LogP contribution in [0.3, 0.4) is 0 Å². The summed E-state index contributed by atoms with van der Waals surface area (Å²) >= 11 is 0. The molecule has 3 nitrogen and oxygen atoms in total. The molecule has 1 aromatic carbocycles. The van der Waals surface area contributed by atoms with Crippen LogP contribution in [0.5, 0.6) is 0 Å². The maximum atomic E-state index is 5.89. The van der Waals surface area contributed by atoms with Gasteiger partial charge in [0.2, 0.25) is 0 Å². The normalized spacial score (nSPS) is 11.1. The van der Waals surface area contributed by atoms with Crippen molar-refractivity contribution >= 4 is 0 Å². The number of rotatable bonds is 12. The van der Waals surface area contributed by atoms with Gasteiger partial charge < -0.3 is 4.74 Å². The van der Waals surface area contributed by atoms with Gasteiger partial charge in [-0.15, -0.1) is 0 Å². The second-order valence-electron chi connectivity index (χ2n) is 6.46. The SMILES string of the molecule is CCCCCCn1cc[n+](COCCCCC)c1-c1ccccc1. The fourth-order valence-corrected chi connectivity index (χ4v) is 3.00. The number of nitrogens with zero attached hydrogens (tertiary/aromatic N) is 2. The lowest BCUT2D eigenvalue weighted by molar-refractivity contribution is -0.722. The predicted octanol–water partition coefficient (Wildman–Crippen LogP) is 5.19. The number of aryl methyl sites for hydroxylation is 1. The number of hydrogen-bond donors (Lipinski definition) is 0. The molecule has 0 N–H and O–H groups in total. The lowest BCUT2D eigenvalue weighted by Crippen LogP contribution is -2.36. The first-order valence-corrected chi connectivity index (χ1v) is 9.58. The number of unbranched alkanes of at least 4 members (excludes halogenated alkanes) is 5. The largest absolute Gasteiger partial charge is 0.342 e. The van der Waals surface area contributed by atoms with Gasteiger partial charge in [-0.25, -0.2) is 9.13 Å². The number of hydrogen-bond acceptors (Lipinski definition) is 1. The predicted molar refractivity (Wildman–Crippen MR) is 99.7 cm³/mol. The fourth-order valence-electron chi connectivity index (χ4n) is 3.00. The first-order chi connectivity index (χ1) is 11.9. The highest BCUT2D eigenvalue weighted by molar-refractivity contribution is 5.52. The van der Waals surface area contributed by atoms with Crippen molar-refractivity contribution in [1.29, 1.82) is 0 Å². The third-order valence-electron chi connectivity index (χ3n) is 4.38. The Hall–Kier alpha value is -1.61. The van der Waals surface area contributed by atoms with E-state index < -0.39 is 0 Å². The second-order valence-corrected chi connectivity index (χ2v) is 6.46. The Labute approximate surface area is 147 Å². The third-order valence-corrected chi connectivity index (χ3v) is 4.38. The molecule has 2 rings (SSSR count). The van der Waals surface area contributed by atoms with Crippen LogP contribution in [0.2, 0.25) is 0 Å². The van der Waals surface area contributed by atoms with Crippen molar-refractivity contribution in [1.82, 2.24) is 4.57 Å². The summed E-state index contributed by atoms with van der Waals surface area (Å²) < 4.78 is 10.5. The molecule has 0 fully saturated rings. The summed E-state index contributed by atoms with van der Waals surface area (Å²) in [5.41, 5.74) is 1.26. The molecule has 132 valence electrons. The maximum absolute atomic E-state index is 5.89. The molecule has 0 bridgehead atoms. The van der Waals surface area contributed by atoms with Gasteiger partial charge in [-0.05, 0) is 31.4 Å². The van der Waals surface area contributed by atoms with E-state index in [1.807, 2.05) is 0 Å². The van der Waals surface area contributed by atoms with Crippen molar-refractivity contribution in [3.8, 4) is 11.4 Å². The molecule has 2 aromatic rings. The van der Waals surface area contributed by atoms with Crippen LogP contribution in [0.15, 0.2) is 42.7 Å². The van der Waals surface area contributed by atoms with Crippen LogP contribution >= 0.6 is 0 Å². The molecule has 1 aromatic heterocycles. The molecule has 0 aliphatic rings. The first-order valence-electron chi connectivity index (χ1n) is 9.58. The zero-order valence-electron chi connectivity index (χ0n) is 15.4. The van der Waals surface area contributed by atoms with Crippen LogP contribution in [0, 0.1) is 0 Å². The number of aromatic nitrogens is 2. The van der Waals surface area contributed by atoms with Crippen molar-refractivity contribution < 1.29 is 9.30 Å². The third kappa shape index (κ3) is 5.79. The lowest BCUT2D eigenvalue weighted by Gasteiger charge is -2.06. The van der Waals surface area contributed by atoms with Gasteiger partial charge in [0.1, 0.15) is 12.4 Å². The molecule has 1 heterocycles. The Balaban J connectivity index is 2.04. The number of ether oxygens (including phenoxy) is 1. The average molecular weight is 330 g/mol. The van der Waals surface area contributed by atoms with Crippen molar-refractivity contribution in [2.24, 2.45) is 0 Å². The molecule has 0 atom stereocenters. The standard InChI is InChI=1S/C21H33N2O/c1-3-5-7-11-15-22-16-17-23(19-24-18-12-6-4-2)21(22)20-13-9-8-10-14-20/h8-10,13-14,16-17H,3-7,11-12,15,18-19H2,1-2H3/q+1. The molecule has 0 saturated carbocycles. The van der Waals surface area contributed by atoms with E-state index in [4.69, 9.17) is 4.74 Å². The molecule has 0 spiro atoms. The summed E-state index contributed by atoms with van der Waals surface area (Å²) in [6.45, 7) is 7.04. The van der Waals surface area contributed by atoms with Gasteiger partial charge in [0.25, 0.3) is 5.82 Å². The molecular formula is C21H33N2O+. The van der Waals surface area contributed by atoms with Crippen LogP contribution in [0.25, 0.3) is 11.4 Å². The Morgan fingerprint density at radius 2 is 1.67 bits per heavy atom. The molecule has 0 saturated heterocycles. The van der Waals surface area contributed by atoms with Gasteiger partial charge in [-0.3, -0.25) is 0 Å². The minimum atomic E-state index is 0.635. The van der Waals surface area contributed by atoms with Crippen molar-refractivity contribution in [3.63, 3.8) is 0 Å². The van der Waals surface area contributed by atoms with Crippen LogP contribution < -0.4 is 4.57 Å². The van der Waals surface area contributed by atoms with E-state index in [0.717, 1.165) is 19.6 Å². The van der Waals surface area contributed by atoms with Crippen LogP contribution in [-0.2, 0) is 18.0 Å². The average Bonchev–Trinajstić information content (AvgIpc) is 3.02. The Kier molecular flexibility index (Phi) is 8.61. The topological polar surface area (TPSA) is 18.0 Å². The van der Waals surface area contributed by atoms with Gasteiger partial charge >= 0.3 is 0 Å². The van der Waals surface area contributed by atoms with Crippen LogP contribution in [-0.4, -0.2) is 11.2 Å². The summed E-state index contributed by atoms with van der Waals surface area (Å²) in [4.78, 5) is 0. The molecule has 24 heavy (non-hydrogen) atoms. The summed E-state index contributed by atoms with van der Waals surface area (Å²) in [6.07, 6.45) is 13.1. The Morgan fingerprint density at radius 1 is 0.917 bits per heavy atom. The first kappa shape index (κ1) is 18.7. The van der Waals surface area contributed by atoms with E-state index in [2.05, 4.69) is 65.7 Å². The van der Waals surface area contributed by atoms with E-state index in [1.165, 1.54) is 49.9 Å². The lowest BCUT2D eigenvalue weighted by atomic mass is 10.2. The molecule has 0 aliphatic heterocycles. The summed E-state index contributed by atoms with van der Waals surface area (Å²) in [7, 11) is 0. The summed E-state index contributed by atoms with van der Waals surface area (Å²) in [5.74, 6) is 1.25. The Morgan fingerprint density at radius 3 is 2.42 bits per heavy atom. The van der Waals surface area contributed by atoms with Crippen LogP contribution in [0.4, 0.5) is 0 Å². The monoisotopic (exact) mass is 329 g/mol. The minimum Gasteiger partial charge on any atom is -0.342 e. The smallest absolute Gasteiger partial charge is 0.290 e. The Bertz CT molecular complexity index is 562. The highest BCUT2D eigenvalue weighted by atomic mass is 16.5. The number of imidazole rings is 1. The minimum absolute atomic E-state index is 0.635. The second kappa shape index (κ2) is 11.0.